The molecule has 1 atom stereocenters. The third-order valence-electron chi connectivity index (χ3n) is 4.87. The molecule has 1 aliphatic rings. The Kier molecular flexibility index (Phi) is 6.97. The van der Waals surface area contributed by atoms with Crippen molar-refractivity contribution < 1.29 is 19.0 Å². The number of allylic oxidation sites excluding steroid dienone is 1. The Morgan fingerprint density at radius 3 is 2.77 bits per heavy atom. The van der Waals surface area contributed by atoms with Gasteiger partial charge in [0.05, 0.1) is 25.4 Å². The number of rotatable bonds is 9. The molecule has 0 saturated carbocycles. The molecule has 8 heteroatoms. The maximum atomic E-state index is 12.9. The highest BCUT2D eigenvalue weighted by Gasteiger charge is 2.35. The number of nitrogens with one attached hydrogen (secondary N) is 1. The van der Waals surface area contributed by atoms with Gasteiger partial charge in [-0.3, -0.25) is 0 Å². The fourth-order valence-electron chi connectivity index (χ4n) is 3.45. The van der Waals surface area contributed by atoms with Gasteiger partial charge in [0, 0.05) is 5.70 Å². The van der Waals surface area contributed by atoms with E-state index in [4.69, 9.17) is 14.2 Å². The van der Waals surface area contributed by atoms with Crippen molar-refractivity contribution in [1.82, 2.24) is 14.8 Å². The van der Waals surface area contributed by atoms with E-state index in [0.717, 1.165) is 24.8 Å². The Hall–Kier alpha value is -3.03. The average molecular weight is 415 g/mol. The van der Waals surface area contributed by atoms with Gasteiger partial charge in [0.2, 0.25) is 5.95 Å². The van der Waals surface area contributed by atoms with Gasteiger partial charge < -0.3 is 19.5 Å². The summed E-state index contributed by atoms with van der Waals surface area (Å²) in [6.07, 6.45) is 4.48. The van der Waals surface area contributed by atoms with Gasteiger partial charge >= 0.3 is 5.97 Å². The number of methoxy groups -OCH3 is 1. The molecule has 1 aromatic heterocycles. The van der Waals surface area contributed by atoms with Crippen LogP contribution >= 0.6 is 0 Å². The Balaban J connectivity index is 1.97. The van der Waals surface area contributed by atoms with Crippen LogP contribution in [0, 0.1) is 0 Å². The summed E-state index contributed by atoms with van der Waals surface area (Å²) in [6.45, 7) is 8.28. The molecule has 2 heterocycles. The number of ether oxygens (including phenoxy) is 3. The Labute approximate surface area is 177 Å². The van der Waals surface area contributed by atoms with Crippen LogP contribution < -0.4 is 14.8 Å². The summed E-state index contributed by atoms with van der Waals surface area (Å²) >= 11 is 0. The van der Waals surface area contributed by atoms with Gasteiger partial charge in [-0.2, -0.15) is 10.1 Å². The monoisotopic (exact) mass is 414 g/mol. The second-order valence-corrected chi connectivity index (χ2v) is 7.51. The zero-order valence-corrected chi connectivity index (χ0v) is 18.3. The van der Waals surface area contributed by atoms with Gasteiger partial charge in [-0.15, -0.1) is 0 Å². The predicted molar refractivity (Wildman–Crippen MR) is 114 cm³/mol. The number of hydrogen-bond acceptors (Lipinski definition) is 7. The van der Waals surface area contributed by atoms with Crippen LogP contribution in [-0.4, -0.2) is 40.6 Å². The normalized spacial score (nSPS) is 15.6. The smallest absolute Gasteiger partial charge is 0.338 e. The molecular formula is C22H30N4O4. The van der Waals surface area contributed by atoms with Crippen LogP contribution in [0.4, 0.5) is 5.95 Å². The van der Waals surface area contributed by atoms with Crippen molar-refractivity contribution in [2.45, 2.75) is 59.1 Å². The number of hydrogen-bond donors (Lipinski definition) is 1. The predicted octanol–water partition coefficient (Wildman–Crippen LogP) is 4.10. The molecule has 1 N–H and O–H groups in total. The van der Waals surface area contributed by atoms with E-state index in [1.165, 1.54) is 6.33 Å². The molecule has 2 aromatic rings. The zero-order valence-electron chi connectivity index (χ0n) is 18.3. The highest BCUT2D eigenvalue weighted by Crippen LogP contribution is 2.39. The average Bonchev–Trinajstić information content (AvgIpc) is 3.17. The van der Waals surface area contributed by atoms with E-state index in [1.807, 2.05) is 39.0 Å². The van der Waals surface area contributed by atoms with E-state index in [0.29, 0.717) is 35.3 Å². The first-order valence-electron chi connectivity index (χ1n) is 10.3. The van der Waals surface area contributed by atoms with Gasteiger partial charge in [-0.25, -0.2) is 9.48 Å². The van der Waals surface area contributed by atoms with Crippen LogP contribution in [0.3, 0.4) is 0 Å². The maximum absolute atomic E-state index is 12.9. The Bertz CT molecular complexity index is 920. The second-order valence-electron chi connectivity index (χ2n) is 7.51. The molecule has 1 aromatic carbocycles. The summed E-state index contributed by atoms with van der Waals surface area (Å²) in [5.74, 6) is 1.47. The fraction of sp³-hybridized carbons (Fsp3) is 0.500. The van der Waals surface area contributed by atoms with E-state index in [-0.39, 0.29) is 12.1 Å². The number of nitrogens with zero attached hydrogens (tertiary/aromatic N) is 3. The molecule has 0 amide bonds. The number of carbonyl (C=O) groups is 1. The van der Waals surface area contributed by atoms with Crippen molar-refractivity contribution in [1.29, 1.82) is 0 Å². The van der Waals surface area contributed by atoms with E-state index in [1.54, 1.807) is 11.8 Å². The van der Waals surface area contributed by atoms with Crippen LogP contribution in [0.15, 0.2) is 35.8 Å². The Morgan fingerprint density at radius 1 is 1.27 bits per heavy atom. The molecule has 0 spiro atoms. The number of esters is 1. The summed E-state index contributed by atoms with van der Waals surface area (Å²) in [5.41, 5.74) is 2.00. The second kappa shape index (κ2) is 9.65. The number of benzene rings is 1. The van der Waals surface area contributed by atoms with Gasteiger partial charge in [0.1, 0.15) is 12.4 Å². The zero-order chi connectivity index (χ0) is 21.7. The number of aromatic nitrogens is 3. The molecule has 1 aliphatic heterocycles. The van der Waals surface area contributed by atoms with Crippen LogP contribution in [0.25, 0.3) is 0 Å². The third-order valence-corrected chi connectivity index (χ3v) is 4.87. The molecular weight excluding hydrogens is 384 g/mol. The molecule has 0 radical (unpaired) electrons. The van der Waals surface area contributed by atoms with Crippen molar-refractivity contribution in [3.05, 3.63) is 41.4 Å². The lowest BCUT2D eigenvalue weighted by atomic mass is 9.95. The lowest BCUT2D eigenvalue weighted by molar-refractivity contribution is -0.143. The van der Waals surface area contributed by atoms with Crippen molar-refractivity contribution in [2.24, 2.45) is 0 Å². The summed E-state index contributed by atoms with van der Waals surface area (Å²) in [4.78, 5) is 17.2. The molecule has 0 saturated heterocycles. The van der Waals surface area contributed by atoms with Crippen LogP contribution in [0.2, 0.25) is 0 Å². The van der Waals surface area contributed by atoms with Crippen LogP contribution in [-0.2, 0) is 9.53 Å². The van der Waals surface area contributed by atoms with Crippen LogP contribution in [0.5, 0.6) is 11.5 Å². The lowest BCUT2D eigenvalue weighted by Crippen LogP contribution is -2.30. The highest BCUT2D eigenvalue weighted by molar-refractivity contribution is 5.92. The van der Waals surface area contributed by atoms with Gasteiger partial charge in [0.15, 0.2) is 11.5 Å². The van der Waals surface area contributed by atoms with Crippen molar-refractivity contribution in [3.8, 4) is 11.5 Å². The summed E-state index contributed by atoms with van der Waals surface area (Å²) in [5, 5.41) is 7.47. The molecule has 0 fully saturated rings. The quantitative estimate of drug-likeness (QED) is 0.488. The van der Waals surface area contributed by atoms with E-state index in [9.17, 15) is 4.79 Å². The van der Waals surface area contributed by atoms with E-state index >= 15 is 0 Å². The molecule has 0 aliphatic carbocycles. The molecule has 8 nitrogen and oxygen atoms in total. The van der Waals surface area contributed by atoms with E-state index in [2.05, 4.69) is 22.3 Å². The largest absolute Gasteiger partial charge is 0.493 e. The van der Waals surface area contributed by atoms with Gasteiger partial charge in [0.25, 0.3) is 0 Å². The van der Waals surface area contributed by atoms with Crippen molar-refractivity contribution in [3.63, 3.8) is 0 Å². The number of unbranched alkanes of at least 4 members (excludes halogenated alkanes) is 2. The first-order chi connectivity index (χ1) is 14.5. The number of anilines is 1. The number of carbonyl (C=O) groups excluding carboxylic acids is 1. The molecule has 1 unspecified atom stereocenters. The summed E-state index contributed by atoms with van der Waals surface area (Å²) in [7, 11) is 1.61. The molecule has 3 rings (SSSR count). The Morgan fingerprint density at radius 2 is 2.07 bits per heavy atom. The molecule has 30 heavy (non-hydrogen) atoms. The van der Waals surface area contributed by atoms with E-state index < -0.39 is 6.04 Å². The molecule has 0 bridgehead atoms. The first kappa shape index (κ1) is 21.7. The minimum atomic E-state index is -0.488. The first-order valence-corrected chi connectivity index (χ1v) is 10.3. The summed E-state index contributed by atoms with van der Waals surface area (Å²) in [6, 6.07) is 5.19. The SMILES string of the molecule is CCCCCOc1ccc(C2C(C(=O)OC(C)C)=C(C)Nc3ncnn32)cc1OC. The fourth-order valence-corrected chi connectivity index (χ4v) is 3.45. The van der Waals surface area contributed by atoms with Crippen molar-refractivity contribution in [2.75, 3.05) is 19.0 Å². The standard InChI is InChI=1S/C22H30N4O4/c1-6-7-8-11-29-17-10-9-16(12-18(17)28-5)20-19(21(27)30-14(2)3)15(4)25-22-23-13-24-26(20)22/h9-10,12-14,20H,6-8,11H2,1-5H3,(H,23,24,25). The maximum Gasteiger partial charge on any atom is 0.338 e. The van der Waals surface area contributed by atoms with Gasteiger partial charge in [-0.05, 0) is 44.9 Å². The van der Waals surface area contributed by atoms with Gasteiger partial charge in [-0.1, -0.05) is 25.8 Å². The topological polar surface area (TPSA) is 87.5 Å². The summed E-state index contributed by atoms with van der Waals surface area (Å²) < 4.78 is 18.7. The van der Waals surface area contributed by atoms with Crippen molar-refractivity contribution >= 4 is 11.9 Å². The lowest BCUT2D eigenvalue weighted by Gasteiger charge is -2.29. The highest BCUT2D eigenvalue weighted by atomic mass is 16.5. The van der Waals surface area contributed by atoms with Crippen LogP contribution in [0.1, 0.15) is 58.6 Å². The molecule has 162 valence electrons. The minimum Gasteiger partial charge on any atom is -0.493 e. The minimum absolute atomic E-state index is 0.232. The number of fused-ring (bicyclic) bond motifs is 1. The third kappa shape index (κ3) is 4.58.